The second kappa shape index (κ2) is 21.0. The van der Waals surface area contributed by atoms with Crippen molar-refractivity contribution >= 4 is 23.0 Å². The van der Waals surface area contributed by atoms with Crippen LogP contribution in [-0.2, 0) is 28.4 Å². The Balaban J connectivity index is -0.000000291. The van der Waals surface area contributed by atoms with E-state index in [9.17, 15) is 0 Å². The molecule has 0 aromatic rings. The van der Waals surface area contributed by atoms with Crippen LogP contribution < -0.4 is 0 Å². The summed E-state index contributed by atoms with van der Waals surface area (Å²) in [6, 6.07) is 0. The standard InChI is InChI=1S/C4H8ClNO3.C4H9NO3.C4H10O4/c1-8-4(9-2)3(5)6-7;1-7-4(8-2)3-5-6;1-7-4(8-2)3(5)6/h4,7H,1-2H3;3-4,6H,1-2H3;3-6H,1-2H3/b6-3-;5-3+;. The summed E-state index contributed by atoms with van der Waals surface area (Å²) in [5, 5.41) is 37.8. The predicted molar refractivity (Wildman–Crippen MR) is 87.0 cm³/mol. The molecular weight excluding hydrogens is 368 g/mol. The van der Waals surface area contributed by atoms with E-state index in [1.54, 1.807) is 0 Å². The first-order chi connectivity index (χ1) is 11.8. The van der Waals surface area contributed by atoms with Gasteiger partial charge in [0, 0.05) is 42.7 Å². The van der Waals surface area contributed by atoms with Crippen molar-refractivity contribution in [2.45, 2.75) is 25.2 Å². The van der Waals surface area contributed by atoms with E-state index >= 15 is 0 Å². The number of aliphatic hydroxyl groups is 2. The van der Waals surface area contributed by atoms with Gasteiger partial charge in [-0.25, -0.2) is 0 Å². The molecule has 152 valence electrons. The largest absolute Gasteiger partial charge is 0.411 e. The third-order valence-electron chi connectivity index (χ3n) is 2.08. The number of halogens is 1. The molecule has 0 aromatic heterocycles. The van der Waals surface area contributed by atoms with Crippen molar-refractivity contribution in [2.24, 2.45) is 10.3 Å². The molecule has 0 spiro atoms. The zero-order valence-corrected chi connectivity index (χ0v) is 15.7. The zero-order valence-electron chi connectivity index (χ0n) is 14.9. The van der Waals surface area contributed by atoms with E-state index < -0.39 is 25.2 Å². The lowest BCUT2D eigenvalue weighted by molar-refractivity contribution is -0.233. The van der Waals surface area contributed by atoms with Gasteiger partial charge < -0.3 is 49.0 Å². The minimum atomic E-state index is -1.56. The van der Waals surface area contributed by atoms with Gasteiger partial charge >= 0.3 is 0 Å². The molecule has 12 nitrogen and oxygen atoms in total. The molecule has 0 saturated carbocycles. The second-order valence-corrected chi connectivity index (χ2v) is 3.97. The highest BCUT2D eigenvalue weighted by Crippen LogP contribution is 1.98. The molecule has 0 atom stereocenters. The van der Waals surface area contributed by atoms with E-state index in [1.165, 1.54) is 42.7 Å². The molecule has 0 amide bonds. The molecular formula is C12H27ClN2O10. The lowest BCUT2D eigenvalue weighted by atomic mass is 10.6. The Kier molecular flexibility index (Phi) is 24.1. The molecule has 0 aliphatic rings. The van der Waals surface area contributed by atoms with Crippen LogP contribution in [0.2, 0.25) is 0 Å². The normalized spacial score (nSPS) is 11.8. The van der Waals surface area contributed by atoms with Crippen LogP contribution in [0.25, 0.3) is 0 Å². The summed E-state index contributed by atoms with van der Waals surface area (Å²) in [6.45, 7) is 0. The number of methoxy groups -OCH3 is 6. The van der Waals surface area contributed by atoms with E-state index in [0.29, 0.717) is 0 Å². The maximum absolute atomic E-state index is 8.32. The fourth-order valence-corrected chi connectivity index (χ4v) is 1.13. The molecule has 13 heteroatoms. The average molecular weight is 395 g/mol. The van der Waals surface area contributed by atoms with Crippen molar-refractivity contribution in [3.05, 3.63) is 0 Å². The number of rotatable bonds is 9. The van der Waals surface area contributed by atoms with Crippen LogP contribution in [0, 0.1) is 0 Å². The average Bonchev–Trinajstić information content (AvgIpc) is 2.62. The number of hydrogen-bond donors (Lipinski definition) is 4. The first-order valence-corrected chi connectivity index (χ1v) is 6.78. The molecule has 0 aliphatic heterocycles. The van der Waals surface area contributed by atoms with Crippen LogP contribution in [0.3, 0.4) is 0 Å². The molecule has 0 aromatic carbocycles. The van der Waals surface area contributed by atoms with Gasteiger partial charge in [0.05, 0.1) is 6.21 Å². The summed E-state index contributed by atoms with van der Waals surface area (Å²) in [6.07, 6.45) is -2.67. The highest BCUT2D eigenvalue weighted by atomic mass is 35.5. The predicted octanol–water partition coefficient (Wildman–Crippen LogP) is -0.387. The Morgan fingerprint density at radius 3 is 1.36 bits per heavy atom. The number of oxime groups is 2. The maximum atomic E-state index is 8.32. The molecule has 0 radical (unpaired) electrons. The van der Waals surface area contributed by atoms with E-state index in [-0.39, 0.29) is 5.17 Å². The first kappa shape index (κ1) is 28.7. The molecule has 0 fully saturated rings. The summed E-state index contributed by atoms with van der Waals surface area (Å²) >= 11 is 5.28. The molecule has 0 heterocycles. The molecule has 0 rings (SSSR count). The van der Waals surface area contributed by atoms with E-state index in [2.05, 4.69) is 38.7 Å². The molecule has 4 N–H and O–H groups in total. The van der Waals surface area contributed by atoms with E-state index in [0.717, 1.165) is 6.21 Å². The number of hydrogen-bond acceptors (Lipinski definition) is 12. The van der Waals surface area contributed by atoms with Crippen LogP contribution in [0.5, 0.6) is 0 Å². The van der Waals surface area contributed by atoms with Crippen molar-refractivity contribution in [1.82, 2.24) is 0 Å². The molecule has 25 heavy (non-hydrogen) atoms. The summed E-state index contributed by atoms with van der Waals surface area (Å²) in [4.78, 5) is 0. The summed E-state index contributed by atoms with van der Waals surface area (Å²) in [5.41, 5.74) is 0. The number of nitrogens with zero attached hydrogens (tertiary/aromatic N) is 2. The first-order valence-electron chi connectivity index (χ1n) is 6.41. The number of aliphatic hydroxyl groups excluding tert-OH is 1. The van der Waals surface area contributed by atoms with Crippen molar-refractivity contribution in [3.63, 3.8) is 0 Å². The minimum absolute atomic E-state index is 0.125. The Morgan fingerprint density at radius 2 is 1.28 bits per heavy atom. The fourth-order valence-electron chi connectivity index (χ4n) is 0.950. The van der Waals surface area contributed by atoms with Crippen LogP contribution >= 0.6 is 11.6 Å². The Bertz CT molecular complexity index is 321. The minimum Gasteiger partial charge on any atom is -0.411 e. The number of ether oxygens (including phenoxy) is 6. The molecule has 0 saturated heterocycles. The maximum Gasteiger partial charge on any atom is 0.215 e. The lowest BCUT2D eigenvalue weighted by Crippen LogP contribution is -2.28. The Labute approximate surface area is 151 Å². The van der Waals surface area contributed by atoms with Gasteiger partial charge in [-0.05, 0) is 0 Å². The highest BCUT2D eigenvalue weighted by Gasteiger charge is 2.12. The third kappa shape index (κ3) is 17.5. The van der Waals surface area contributed by atoms with Crippen molar-refractivity contribution < 1.29 is 49.0 Å². The van der Waals surface area contributed by atoms with Gasteiger partial charge in [0.15, 0.2) is 6.29 Å². The summed E-state index contributed by atoms with van der Waals surface area (Å²) in [7, 11) is 8.34. The molecule has 0 unspecified atom stereocenters. The van der Waals surface area contributed by atoms with Crippen molar-refractivity contribution in [1.29, 1.82) is 0 Å². The van der Waals surface area contributed by atoms with Gasteiger partial charge in [-0.2, -0.15) is 0 Å². The molecule has 0 aliphatic carbocycles. The van der Waals surface area contributed by atoms with E-state index in [4.69, 9.17) is 32.2 Å². The van der Waals surface area contributed by atoms with Crippen LogP contribution in [0.15, 0.2) is 10.3 Å². The smallest absolute Gasteiger partial charge is 0.215 e. The Hall–Kier alpha value is -1.09. The zero-order chi connectivity index (χ0) is 20.3. The van der Waals surface area contributed by atoms with Gasteiger partial charge in [0.25, 0.3) is 0 Å². The lowest BCUT2D eigenvalue weighted by Gasteiger charge is -2.13. The Morgan fingerprint density at radius 1 is 0.840 bits per heavy atom. The van der Waals surface area contributed by atoms with Gasteiger partial charge in [0.2, 0.25) is 24.0 Å². The second-order valence-electron chi connectivity index (χ2n) is 3.58. The van der Waals surface area contributed by atoms with Crippen molar-refractivity contribution in [2.75, 3.05) is 42.7 Å². The van der Waals surface area contributed by atoms with Gasteiger partial charge in [-0.1, -0.05) is 21.9 Å². The SMILES string of the molecule is COC(/C=N/O)OC.COC(OC)/C(Cl)=N/O.COC(OC)C(O)O. The monoisotopic (exact) mass is 394 g/mol. The fraction of sp³-hybridized carbons (Fsp3) is 0.833. The van der Waals surface area contributed by atoms with Gasteiger partial charge in [0.1, 0.15) is 0 Å². The van der Waals surface area contributed by atoms with Gasteiger partial charge in [-0.3, -0.25) is 0 Å². The van der Waals surface area contributed by atoms with Crippen LogP contribution in [0.4, 0.5) is 0 Å². The van der Waals surface area contributed by atoms with Crippen LogP contribution in [0.1, 0.15) is 0 Å². The quantitative estimate of drug-likeness (QED) is 0.175. The van der Waals surface area contributed by atoms with Crippen molar-refractivity contribution in [3.8, 4) is 0 Å². The van der Waals surface area contributed by atoms with Crippen LogP contribution in [-0.4, -0.2) is 99.8 Å². The summed E-state index contributed by atoms with van der Waals surface area (Å²) in [5.74, 6) is 0. The summed E-state index contributed by atoms with van der Waals surface area (Å²) < 4.78 is 27.3. The highest BCUT2D eigenvalue weighted by molar-refractivity contribution is 6.66. The third-order valence-corrected chi connectivity index (χ3v) is 2.33. The molecule has 0 bridgehead atoms. The van der Waals surface area contributed by atoms with Gasteiger partial charge in [-0.15, -0.1) is 0 Å². The van der Waals surface area contributed by atoms with E-state index in [1.807, 2.05) is 0 Å². The topological polar surface area (TPSA) is 161 Å².